The van der Waals surface area contributed by atoms with Gasteiger partial charge in [-0.25, -0.2) is 0 Å². The van der Waals surface area contributed by atoms with Crippen LogP contribution in [-0.4, -0.2) is 5.11 Å². The van der Waals surface area contributed by atoms with Gasteiger partial charge in [-0.3, -0.25) is 0 Å². The Hall–Kier alpha value is -0.770. The summed E-state index contributed by atoms with van der Waals surface area (Å²) in [6, 6.07) is 14.4. The molecule has 0 bridgehead atoms. The van der Waals surface area contributed by atoms with Crippen molar-refractivity contribution in [3.63, 3.8) is 0 Å². The Labute approximate surface area is 120 Å². The van der Waals surface area contributed by atoms with E-state index in [1.165, 1.54) is 10.5 Å². The minimum atomic E-state index is -0.453. The second-order valence-corrected chi connectivity index (χ2v) is 6.31. The summed E-state index contributed by atoms with van der Waals surface area (Å²) in [5, 5.41) is 9.80. The Morgan fingerprint density at radius 3 is 2.61 bits per heavy atom. The molecule has 0 aliphatic carbocycles. The normalized spacial score (nSPS) is 12.4. The molecule has 94 valence electrons. The number of halogens is 1. The molecule has 1 unspecified atom stereocenters. The van der Waals surface area contributed by atoms with Crippen molar-refractivity contribution in [2.24, 2.45) is 0 Å². The Morgan fingerprint density at radius 1 is 1.17 bits per heavy atom. The molecule has 0 saturated carbocycles. The van der Waals surface area contributed by atoms with E-state index in [-0.39, 0.29) is 0 Å². The van der Waals surface area contributed by atoms with E-state index in [2.05, 4.69) is 53.2 Å². The standard InChI is InChI=1S/C15H15BrOS/c1-10-4-3-5-13(8-10)18-15-9-12(16)6-7-14(15)11(2)17/h3-9,11,17H,1-2H3. The molecule has 0 aromatic heterocycles. The highest BCUT2D eigenvalue weighted by molar-refractivity contribution is 9.10. The van der Waals surface area contributed by atoms with Gasteiger partial charge in [0.25, 0.3) is 0 Å². The van der Waals surface area contributed by atoms with E-state index in [0.717, 1.165) is 14.9 Å². The number of hydrogen-bond donors (Lipinski definition) is 1. The molecule has 0 saturated heterocycles. The van der Waals surface area contributed by atoms with E-state index < -0.39 is 6.10 Å². The summed E-state index contributed by atoms with van der Waals surface area (Å²) < 4.78 is 1.03. The minimum Gasteiger partial charge on any atom is -0.389 e. The number of rotatable bonds is 3. The first-order chi connectivity index (χ1) is 8.56. The van der Waals surface area contributed by atoms with Gasteiger partial charge in [0.05, 0.1) is 6.10 Å². The summed E-state index contributed by atoms with van der Waals surface area (Å²) in [7, 11) is 0. The zero-order valence-electron chi connectivity index (χ0n) is 10.4. The fraction of sp³-hybridized carbons (Fsp3) is 0.200. The van der Waals surface area contributed by atoms with Crippen LogP contribution in [0.3, 0.4) is 0 Å². The van der Waals surface area contributed by atoms with Crippen LogP contribution in [-0.2, 0) is 0 Å². The van der Waals surface area contributed by atoms with Crippen molar-refractivity contribution < 1.29 is 5.11 Å². The van der Waals surface area contributed by atoms with E-state index >= 15 is 0 Å². The van der Waals surface area contributed by atoms with Crippen LogP contribution in [0.5, 0.6) is 0 Å². The summed E-state index contributed by atoms with van der Waals surface area (Å²) in [5.74, 6) is 0. The summed E-state index contributed by atoms with van der Waals surface area (Å²) in [5.41, 5.74) is 2.21. The van der Waals surface area contributed by atoms with Crippen LogP contribution in [0.1, 0.15) is 24.2 Å². The predicted octanol–water partition coefficient (Wildman–Crippen LogP) is 4.96. The fourth-order valence-corrected chi connectivity index (χ4v) is 3.45. The van der Waals surface area contributed by atoms with Gasteiger partial charge in [-0.15, -0.1) is 0 Å². The summed E-state index contributed by atoms with van der Waals surface area (Å²) in [6.07, 6.45) is -0.453. The quantitative estimate of drug-likeness (QED) is 0.861. The molecule has 0 amide bonds. The Balaban J connectivity index is 2.36. The van der Waals surface area contributed by atoms with Crippen LogP contribution in [0.2, 0.25) is 0 Å². The lowest BCUT2D eigenvalue weighted by atomic mass is 10.1. The third-order valence-electron chi connectivity index (χ3n) is 2.64. The van der Waals surface area contributed by atoms with Gasteiger partial charge >= 0.3 is 0 Å². The summed E-state index contributed by atoms with van der Waals surface area (Å²) in [6.45, 7) is 3.88. The topological polar surface area (TPSA) is 20.2 Å². The number of aryl methyl sites for hydroxylation is 1. The van der Waals surface area contributed by atoms with Crippen molar-refractivity contribution in [2.75, 3.05) is 0 Å². The summed E-state index contributed by atoms with van der Waals surface area (Å²) >= 11 is 5.16. The first-order valence-corrected chi connectivity index (χ1v) is 7.39. The van der Waals surface area contributed by atoms with Crippen molar-refractivity contribution in [3.05, 3.63) is 58.1 Å². The Morgan fingerprint density at radius 2 is 1.94 bits per heavy atom. The molecule has 0 aliphatic rings. The van der Waals surface area contributed by atoms with Crippen LogP contribution in [0.25, 0.3) is 0 Å². The average Bonchev–Trinajstić information content (AvgIpc) is 2.28. The van der Waals surface area contributed by atoms with Crippen molar-refractivity contribution >= 4 is 27.7 Å². The Kier molecular flexibility index (Phi) is 4.49. The molecule has 0 radical (unpaired) electrons. The van der Waals surface area contributed by atoms with Gasteiger partial charge in [0.2, 0.25) is 0 Å². The largest absolute Gasteiger partial charge is 0.389 e. The van der Waals surface area contributed by atoms with E-state index in [1.54, 1.807) is 18.7 Å². The smallest absolute Gasteiger partial charge is 0.0772 e. The van der Waals surface area contributed by atoms with Gasteiger partial charge in [-0.2, -0.15) is 0 Å². The summed E-state index contributed by atoms with van der Waals surface area (Å²) in [4.78, 5) is 2.28. The lowest BCUT2D eigenvalue weighted by Crippen LogP contribution is -1.93. The molecular formula is C15H15BrOS. The van der Waals surface area contributed by atoms with Crippen molar-refractivity contribution in [2.45, 2.75) is 29.7 Å². The van der Waals surface area contributed by atoms with Crippen LogP contribution >= 0.6 is 27.7 Å². The lowest BCUT2D eigenvalue weighted by Gasteiger charge is -2.12. The maximum atomic E-state index is 9.80. The molecule has 0 aliphatic heterocycles. The van der Waals surface area contributed by atoms with E-state index in [1.807, 2.05) is 12.1 Å². The first kappa shape index (κ1) is 13.7. The molecule has 18 heavy (non-hydrogen) atoms. The van der Waals surface area contributed by atoms with Gasteiger partial charge in [0.15, 0.2) is 0 Å². The SMILES string of the molecule is Cc1cccc(Sc2cc(Br)ccc2C(C)O)c1. The number of aliphatic hydroxyl groups is 1. The van der Waals surface area contributed by atoms with Crippen LogP contribution in [0.15, 0.2) is 56.7 Å². The monoisotopic (exact) mass is 322 g/mol. The van der Waals surface area contributed by atoms with Crippen LogP contribution in [0, 0.1) is 6.92 Å². The van der Waals surface area contributed by atoms with Crippen molar-refractivity contribution in [3.8, 4) is 0 Å². The minimum absolute atomic E-state index is 0.453. The second-order valence-electron chi connectivity index (χ2n) is 4.28. The highest BCUT2D eigenvalue weighted by Crippen LogP contribution is 2.35. The van der Waals surface area contributed by atoms with Gasteiger partial charge in [-0.05, 0) is 43.7 Å². The maximum Gasteiger partial charge on any atom is 0.0772 e. The van der Waals surface area contributed by atoms with Gasteiger partial charge in [-0.1, -0.05) is 51.5 Å². The van der Waals surface area contributed by atoms with Crippen LogP contribution in [0.4, 0.5) is 0 Å². The third kappa shape index (κ3) is 3.37. The van der Waals surface area contributed by atoms with Gasteiger partial charge in [0.1, 0.15) is 0 Å². The van der Waals surface area contributed by atoms with Crippen molar-refractivity contribution in [1.82, 2.24) is 0 Å². The number of aliphatic hydroxyl groups excluding tert-OH is 1. The fourth-order valence-electron chi connectivity index (χ4n) is 1.75. The molecule has 3 heteroatoms. The van der Waals surface area contributed by atoms with E-state index in [0.29, 0.717) is 0 Å². The number of hydrogen-bond acceptors (Lipinski definition) is 2. The third-order valence-corrected chi connectivity index (χ3v) is 4.20. The highest BCUT2D eigenvalue weighted by Gasteiger charge is 2.09. The van der Waals surface area contributed by atoms with Crippen LogP contribution < -0.4 is 0 Å². The van der Waals surface area contributed by atoms with Crippen molar-refractivity contribution in [1.29, 1.82) is 0 Å². The molecule has 1 nitrogen and oxygen atoms in total. The second kappa shape index (κ2) is 5.91. The zero-order valence-corrected chi connectivity index (χ0v) is 12.8. The molecule has 1 N–H and O–H groups in total. The molecule has 2 aromatic carbocycles. The van der Waals surface area contributed by atoms with Gasteiger partial charge in [0, 0.05) is 14.3 Å². The molecule has 0 heterocycles. The highest BCUT2D eigenvalue weighted by atomic mass is 79.9. The molecule has 0 spiro atoms. The lowest BCUT2D eigenvalue weighted by molar-refractivity contribution is 0.196. The maximum absolute atomic E-state index is 9.80. The van der Waals surface area contributed by atoms with Gasteiger partial charge < -0.3 is 5.11 Å². The van der Waals surface area contributed by atoms with E-state index in [4.69, 9.17) is 0 Å². The average molecular weight is 323 g/mol. The number of benzene rings is 2. The zero-order chi connectivity index (χ0) is 13.1. The molecular weight excluding hydrogens is 308 g/mol. The molecule has 2 rings (SSSR count). The molecule has 1 atom stereocenters. The predicted molar refractivity (Wildman–Crippen MR) is 80.1 cm³/mol. The first-order valence-electron chi connectivity index (χ1n) is 5.78. The molecule has 0 fully saturated rings. The Bertz CT molecular complexity index is 552. The molecule has 2 aromatic rings. The van der Waals surface area contributed by atoms with E-state index in [9.17, 15) is 5.11 Å².